The van der Waals surface area contributed by atoms with E-state index in [1.807, 2.05) is 13.1 Å². The fraction of sp³-hybridized carbons (Fsp3) is 0.480. The van der Waals surface area contributed by atoms with Crippen LogP contribution in [0.3, 0.4) is 0 Å². The number of fused-ring (bicyclic) bond motifs is 4. The zero-order valence-corrected chi connectivity index (χ0v) is 17.9. The fourth-order valence-corrected chi connectivity index (χ4v) is 6.07. The number of halogens is 1. The van der Waals surface area contributed by atoms with E-state index in [2.05, 4.69) is 28.0 Å². The minimum absolute atomic E-state index is 0.139. The van der Waals surface area contributed by atoms with Gasteiger partial charge in [-0.05, 0) is 49.1 Å². The maximum absolute atomic E-state index is 14.4. The summed E-state index contributed by atoms with van der Waals surface area (Å²) in [7, 11) is 1.88. The number of anilines is 2. The third-order valence-corrected chi connectivity index (χ3v) is 7.64. The van der Waals surface area contributed by atoms with Crippen molar-refractivity contribution in [2.45, 2.75) is 37.6 Å². The molecule has 2 atom stereocenters. The summed E-state index contributed by atoms with van der Waals surface area (Å²) in [5.41, 5.74) is 5.58. The van der Waals surface area contributed by atoms with Crippen molar-refractivity contribution in [1.29, 1.82) is 0 Å². The molecule has 1 saturated heterocycles. The molecule has 2 aromatic carbocycles. The molecule has 1 fully saturated rings. The van der Waals surface area contributed by atoms with Crippen LogP contribution in [-0.4, -0.2) is 56.7 Å². The van der Waals surface area contributed by atoms with Gasteiger partial charge in [0.2, 0.25) is 5.91 Å². The normalized spacial score (nSPS) is 24.1. The number of amides is 1. The number of nitrogens with zero attached hydrogens (tertiary/aromatic N) is 3. The number of carbonyl (C=O) groups excluding carboxylic acids is 1. The van der Waals surface area contributed by atoms with Crippen LogP contribution in [0.25, 0.3) is 0 Å². The highest BCUT2D eigenvalue weighted by Gasteiger charge is 2.46. The summed E-state index contributed by atoms with van der Waals surface area (Å²) in [6.07, 6.45) is 3.58. The first-order valence-corrected chi connectivity index (χ1v) is 11.4. The van der Waals surface area contributed by atoms with Gasteiger partial charge >= 0.3 is 0 Å². The Balaban J connectivity index is 1.16. The molecule has 0 bridgehead atoms. The topological polar surface area (TPSA) is 36.0 Å². The second-order valence-electron chi connectivity index (χ2n) is 9.27. The quantitative estimate of drug-likeness (QED) is 0.759. The van der Waals surface area contributed by atoms with Crippen LogP contribution < -0.4 is 14.5 Å². The fourth-order valence-electron chi connectivity index (χ4n) is 6.07. The highest BCUT2D eigenvalue weighted by atomic mass is 19.1. The van der Waals surface area contributed by atoms with E-state index in [-0.39, 0.29) is 11.7 Å². The molecule has 162 valence electrons. The predicted octanol–water partition coefficient (Wildman–Crippen LogP) is 3.35. The van der Waals surface area contributed by atoms with E-state index in [1.165, 1.54) is 11.3 Å². The third-order valence-electron chi connectivity index (χ3n) is 7.64. The number of rotatable bonds is 4. The third kappa shape index (κ3) is 2.95. The molecule has 1 unspecified atom stereocenters. The molecule has 2 aromatic rings. The molecule has 5 nitrogen and oxygen atoms in total. The number of ether oxygens (including phenoxy) is 1. The number of carbonyl (C=O) groups is 1. The molecule has 0 saturated carbocycles. The van der Waals surface area contributed by atoms with Crippen molar-refractivity contribution in [3.8, 4) is 5.75 Å². The van der Waals surface area contributed by atoms with Crippen molar-refractivity contribution in [3.63, 3.8) is 0 Å². The largest absolute Gasteiger partial charge is 0.493 e. The van der Waals surface area contributed by atoms with Gasteiger partial charge in [-0.3, -0.25) is 4.79 Å². The van der Waals surface area contributed by atoms with Gasteiger partial charge in [-0.25, -0.2) is 4.39 Å². The number of piperidine rings is 1. The molecule has 4 aliphatic rings. The van der Waals surface area contributed by atoms with Crippen LogP contribution >= 0.6 is 0 Å². The van der Waals surface area contributed by atoms with Gasteiger partial charge in [-0.2, -0.15) is 0 Å². The molecule has 31 heavy (non-hydrogen) atoms. The van der Waals surface area contributed by atoms with Crippen LogP contribution in [-0.2, 0) is 17.6 Å². The molecule has 0 aromatic heterocycles. The Morgan fingerprint density at radius 1 is 1.23 bits per heavy atom. The number of para-hydroxylation sites is 1. The van der Waals surface area contributed by atoms with Gasteiger partial charge in [0.05, 0.1) is 24.5 Å². The first kappa shape index (κ1) is 19.1. The van der Waals surface area contributed by atoms with Gasteiger partial charge in [0.15, 0.2) is 0 Å². The lowest BCUT2D eigenvalue weighted by atomic mass is 9.89. The zero-order chi connectivity index (χ0) is 21.1. The standard InChI is InChI=1S/C25H28FN3O2/c1-27-22-6-2-4-17-19-14-28(12-9-21(19)29(24(17)22)15-23(27)30)11-3-5-18-20(26)8-7-16-10-13-31-25(16)18/h2,4,6-8,19,21H,3,5,9-15H2,1H3/t19?,21-/m0/s1. The average Bonchev–Trinajstić information content (AvgIpc) is 3.37. The summed E-state index contributed by atoms with van der Waals surface area (Å²) in [6.45, 7) is 4.13. The molecule has 0 spiro atoms. The lowest BCUT2D eigenvalue weighted by Gasteiger charge is -2.41. The monoisotopic (exact) mass is 421 g/mol. The lowest BCUT2D eigenvalue weighted by Crippen LogP contribution is -2.51. The maximum Gasteiger partial charge on any atom is 0.246 e. The predicted molar refractivity (Wildman–Crippen MR) is 119 cm³/mol. The molecular weight excluding hydrogens is 393 g/mol. The summed E-state index contributed by atoms with van der Waals surface area (Å²) >= 11 is 0. The first-order chi connectivity index (χ1) is 15.1. The minimum atomic E-state index is -0.139. The Kier molecular flexibility index (Phi) is 4.46. The van der Waals surface area contributed by atoms with E-state index in [4.69, 9.17) is 4.74 Å². The molecule has 6 heteroatoms. The number of hydrogen-bond donors (Lipinski definition) is 0. The molecule has 0 aliphatic carbocycles. The van der Waals surface area contributed by atoms with Crippen molar-refractivity contribution in [2.75, 3.05) is 49.6 Å². The first-order valence-electron chi connectivity index (χ1n) is 11.4. The van der Waals surface area contributed by atoms with Crippen molar-refractivity contribution in [1.82, 2.24) is 4.90 Å². The van der Waals surface area contributed by atoms with Gasteiger partial charge in [0, 0.05) is 44.1 Å². The van der Waals surface area contributed by atoms with Gasteiger partial charge in [-0.15, -0.1) is 0 Å². The van der Waals surface area contributed by atoms with E-state index in [1.54, 1.807) is 11.0 Å². The summed E-state index contributed by atoms with van der Waals surface area (Å²) in [4.78, 5) is 19.2. The molecule has 4 aliphatic heterocycles. The van der Waals surface area contributed by atoms with E-state index in [0.29, 0.717) is 31.5 Å². The van der Waals surface area contributed by atoms with Gasteiger partial charge in [0.1, 0.15) is 11.6 Å². The van der Waals surface area contributed by atoms with Crippen molar-refractivity contribution in [3.05, 3.63) is 52.8 Å². The van der Waals surface area contributed by atoms with Crippen LogP contribution in [0.15, 0.2) is 30.3 Å². The Morgan fingerprint density at radius 3 is 3.03 bits per heavy atom. The highest BCUT2D eigenvalue weighted by molar-refractivity contribution is 6.04. The molecule has 1 amide bonds. The second-order valence-corrected chi connectivity index (χ2v) is 9.27. The van der Waals surface area contributed by atoms with E-state index in [9.17, 15) is 9.18 Å². The zero-order valence-electron chi connectivity index (χ0n) is 17.9. The van der Waals surface area contributed by atoms with E-state index >= 15 is 0 Å². The van der Waals surface area contributed by atoms with Crippen molar-refractivity contribution in [2.24, 2.45) is 0 Å². The number of hydrogen-bond acceptors (Lipinski definition) is 4. The second kappa shape index (κ2) is 7.23. The smallest absolute Gasteiger partial charge is 0.246 e. The van der Waals surface area contributed by atoms with Crippen LogP contribution in [0.2, 0.25) is 0 Å². The average molecular weight is 422 g/mol. The summed E-state index contributed by atoms with van der Waals surface area (Å²) in [5, 5.41) is 0. The maximum atomic E-state index is 14.4. The van der Waals surface area contributed by atoms with Crippen molar-refractivity contribution < 1.29 is 13.9 Å². The van der Waals surface area contributed by atoms with Crippen LogP contribution in [0.1, 0.15) is 35.4 Å². The summed E-state index contributed by atoms with van der Waals surface area (Å²) in [5.74, 6) is 1.26. The Hall–Kier alpha value is -2.60. The van der Waals surface area contributed by atoms with Gasteiger partial charge < -0.3 is 19.4 Å². The Labute approximate surface area is 182 Å². The lowest BCUT2D eigenvalue weighted by molar-refractivity contribution is -0.117. The van der Waals surface area contributed by atoms with Gasteiger partial charge in [0.25, 0.3) is 0 Å². The summed E-state index contributed by atoms with van der Waals surface area (Å²) < 4.78 is 20.1. The highest BCUT2D eigenvalue weighted by Crippen LogP contribution is 2.50. The number of likely N-dealkylation sites (N-methyl/N-ethyl adjacent to an activating group) is 1. The Bertz CT molecular complexity index is 1060. The van der Waals surface area contributed by atoms with Crippen LogP contribution in [0.5, 0.6) is 5.75 Å². The molecule has 0 N–H and O–H groups in total. The molecule has 0 radical (unpaired) electrons. The number of benzene rings is 2. The Morgan fingerprint density at radius 2 is 2.13 bits per heavy atom. The number of likely N-dealkylation sites (tertiary alicyclic amines) is 1. The van der Waals surface area contributed by atoms with Crippen LogP contribution in [0, 0.1) is 5.82 Å². The SMILES string of the molecule is CN1C(=O)CN2c3c(cccc31)C1CN(CCCc3c(F)ccc4c3OCC4)CC[C@@H]12. The van der Waals surface area contributed by atoms with Crippen LogP contribution in [0.4, 0.5) is 15.8 Å². The molecule has 6 rings (SSSR count). The van der Waals surface area contributed by atoms with E-state index < -0.39 is 0 Å². The van der Waals surface area contributed by atoms with E-state index in [0.717, 1.165) is 61.5 Å². The summed E-state index contributed by atoms with van der Waals surface area (Å²) in [6, 6.07) is 10.2. The van der Waals surface area contributed by atoms with Crippen molar-refractivity contribution >= 4 is 17.3 Å². The molecular formula is C25H28FN3O2. The molecule has 4 heterocycles. The van der Waals surface area contributed by atoms with Gasteiger partial charge in [-0.1, -0.05) is 18.2 Å². The minimum Gasteiger partial charge on any atom is -0.493 e.